The SMILES string of the molecule is COCC(CCCN)N(C)CCC(F)(F)F. The third-order valence-electron chi connectivity index (χ3n) is 2.47. The van der Waals surface area contributed by atoms with E-state index < -0.39 is 12.6 Å². The highest BCUT2D eigenvalue weighted by molar-refractivity contribution is 4.70. The Balaban J connectivity index is 4.00. The topological polar surface area (TPSA) is 38.5 Å². The monoisotopic (exact) mass is 242 g/mol. The quantitative estimate of drug-likeness (QED) is 0.703. The van der Waals surface area contributed by atoms with Crippen LogP contribution >= 0.6 is 0 Å². The van der Waals surface area contributed by atoms with Crippen LogP contribution in [0.25, 0.3) is 0 Å². The zero-order valence-electron chi connectivity index (χ0n) is 9.89. The largest absolute Gasteiger partial charge is 0.390 e. The van der Waals surface area contributed by atoms with E-state index in [-0.39, 0.29) is 12.6 Å². The zero-order valence-corrected chi connectivity index (χ0v) is 9.89. The van der Waals surface area contributed by atoms with Crippen molar-refractivity contribution in [1.29, 1.82) is 0 Å². The van der Waals surface area contributed by atoms with Gasteiger partial charge in [0, 0.05) is 19.7 Å². The lowest BCUT2D eigenvalue weighted by Gasteiger charge is -2.27. The molecular formula is C10H21F3N2O. The summed E-state index contributed by atoms with van der Waals surface area (Å²) < 4.78 is 41.1. The van der Waals surface area contributed by atoms with Crippen molar-refractivity contribution in [3.63, 3.8) is 0 Å². The minimum atomic E-state index is -4.10. The van der Waals surface area contributed by atoms with Crippen LogP contribution in [0, 0.1) is 0 Å². The molecule has 1 atom stereocenters. The molecule has 3 nitrogen and oxygen atoms in total. The van der Waals surface area contributed by atoms with E-state index in [1.54, 1.807) is 19.1 Å². The average Bonchev–Trinajstić information content (AvgIpc) is 2.19. The highest BCUT2D eigenvalue weighted by Crippen LogP contribution is 2.20. The highest BCUT2D eigenvalue weighted by atomic mass is 19.4. The van der Waals surface area contributed by atoms with E-state index in [4.69, 9.17) is 10.5 Å². The minimum absolute atomic E-state index is 0.00208. The van der Waals surface area contributed by atoms with Crippen molar-refractivity contribution in [2.24, 2.45) is 5.73 Å². The van der Waals surface area contributed by atoms with Crippen LogP contribution < -0.4 is 5.73 Å². The number of methoxy groups -OCH3 is 1. The lowest BCUT2D eigenvalue weighted by Crippen LogP contribution is -2.37. The van der Waals surface area contributed by atoms with Gasteiger partial charge in [0.25, 0.3) is 0 Å². The number of halogens is 3. The minimum Gasteiger partial charge on any atom is -0.383 e. The zero-order chi connectivity index (χ0) is 12.6. The van der Waals surface area contributed by atoms with Crippen LogP contribution in [0.1, 0.15) is 19.3 Å². The van der Waals surface area contributed by atoms with Gasteiger partial charge < -0.3 is 15.4 Å². The van der Waals surface area contributed by atoms with E-state index in [2.05, 4.69) is 0 Å². The van der Waals surface area contributed by atoms with Crippen molar-refractivity contribution < 1.29 is 17.9 Å². The van der Waals surface area contributed by atoms with E-state index in [1.165, 1.54) is 0 Å². The predicted molar refractivity (Wildman–Crippen MR) is 57.3 cm³/mol. The summed E-state index contributed by atoms with van der Waals surface area (Å²) in [5.41, 5.74) is 5.38. The molecule has 0 saturated carbocycles. The van der Waals surface area contributed by atoms with Gasteiger partial charge in [-0.25, -0.2) is 0 Å². The molecule has 6 heteroatoms. The summed E-state index contributed by atoms with van der Waals surface area (Å²) in [5, 5.41) is 0. The molecule has 0 amide bonds. The second kappa shape index (κ2) is 7.86. The fourth-order valence-corrected chi connectivity index (χ4v) is 1.46. The summed E-state index contributed by atoms with van der Waals surface area (Å²) in [6, 6.07) is 0.0101. The molecule has 16 heavy (non-hydrogen) atoms. The van der Waals surface area contributed by atoms with Crippen molar-refractivity contribution in [2.45, 2.75) is 31.5 Å². The molecule has 0 aliphatic rings. The maximum Gasteiger partial charge on any atom is 0.390 e. The average molecular weight is 242 g/mol. The predicted octanol–water partition coefficient (Wildman–Crippen LogP) is 1.62. The van der Waals surface area contributed by atoms with Gasteiger partial charge in [0.15, 0.2) is 0 Å². The molecule has 0 heterocycles. The Bertz CT molecular complexity index is 176. The third kappa shape index (κ3) is 7.90. The molecule has 0 spiro atoms. The summed E-state index contributed by atoms with van der Waals surface area (Å²) in [5.74, 6) is 0. The molecule has 2 N–H and O–H groups in total. The highest BCUT2D eigenvalue weighted by Gasteiger charge is 2.28. The summed E-state index contributed by atoms with van der Waals surface area (Å²) in [4.78, 5) is 1.69. The number of alkyl halides is 3. The van der Waals surface area contributed by atoms with Crippen molar-refractivity contribution in [1.82, 2.24) is 4.90 Å². The van der Waals surface area contributed by atoms with Crippen LogP contribution in [0.4, 0.5) is 13.2 Å². The van der Waals surface area contributed by atoms with Crippen molar-refractivity contribution in [3.8, 4) is 0 Å². The molecule has 0 saturated heterocycles. The molecule has 0 fully saturated rings. The lowest BCUT2D eigenvalue weighted by molar-refractivity contribution is -0.138. The summed E-state index contributed by atoms with van der Waals surface area (Å²) in [6.45, 7) is 0.990. The first-order chi connectivity index (χ1) is 7.40. The lowest BCUT2D eigenvalue weighted by atomic mass is 10.1. The number of hydrogen-bond donors (Lipinski definition) is 1. The Morgan fingerprint density at radius 3 is 2.44 bits per heavy atom. The van der Waals surface area contributed by atoms with Crippen LogP contribution in [0.3, 0.4) is 0 Å². The Hall–Kier alpha value is -0.330. The van der Waals surface area contributed by atoms with Gasteiger partial charge in [0.05, 0.1) is 13.0 Å². The summed E-state index contributed by atoms with van der Waals surface area (Å²) in [7, 11) is 3.24. The van der Waals surface area contributed by atoms with Gasteiger partial charge in [0.1, 0.15) is 0 Å². The first-order valence-corrected chi connectivity index (χ1v) is 5.36. The van der Waals surface area contributed by atoms with E-state index in [0.29, 0.717) is 13.2 Å². The molecule has 0 bridgehead atoms. The van der Waals surface area contributed by atoms with Crippen molar-refractivity contribution >= 4 is 0 Å². The molecule has 0 radical (unpaired) electrons. The molecule has 1 unspecified atom stereocenters. The molecular weight excluding hydrogens is 221 g/mol. The molecule has 0 aliphatic heterocycles. The van der Waals surface area contributed by atoms with Crippen LogP contribution in [0.2, 0.25) is 0 Å². The van der Waals surface area contributed by atoms with E-state index in [0.717, 1.165) is 12.8 Å². The molecule has 0 aromatic carbocycles. The Morgan fingerprint density at radius 2 is 2.00 bits per heavy atom. The van der Waals surface area contributed by atoms with Crippen LogP contribution in [0.5, 0.6) is 0 Å². The Labute approximate surface area is 94.7 Å². The molecule has 0 aromatic heterocycles. The summed E-state index contributed by atoms with van der Waals surface area (Å²) >= 11 is 0. The second-order valence-electron chi connectivity index (χ2n) is 3.89. The van der Waals surface area contributed by atoms with Gasteiger partial charge in [-0.3, -0.25) is 0 Å². The number of nitrogens with zero attached hydrogens (tertiary/aromatic N) is 1. The molecule has 0 rings (SSSR count). The van der Waals surface area contributed by atoms with E-state index in [1.807, 2.05) is 0 Å². The second-order valence-corrected chi connectivity index (χ2v) is 3.89. The molecule has 98 valence electrons. The van der Waals surface area contributed by atoms with Gasteiger partial charge in [-0.1, -0.05) is 0 Å². The van der Waals surface area contributed by atoms with Crippen molar-refractivity contribution in [2.75, 3.05) is 33.9 Å². The molecule has 0 aliphatic carbocycles. The van der Waals surface area contributed by atoms with Crippen LogP contribution in [-0.2, 0) is 4.74 Å². The number of likely N-dealkylation sites (N-methyl/N-ethyl adjacent to an activating group) is 1. The maximum atomic E-state index is 12.0. The van der Waals surface area contributed by atoms with Gasteiger partial charge >= 0.3 is 6.18 Å². The fourth-order valence-electron chi connectivity index (χ4n) is 1.46. The van der Waals surface area contributed by atoms with Gasteiger partial charge in [-0.2, -0.15) is 13.2 Å². The van der Waals surface area contributed by atoms with E-state index >= 15 is 0 Å². The number of rotatable bonds is 8. The van der Waals surface area contributed by atoms with Gasteiger partial charge in [0.2, 0.25) is 0 Å². The van der Waals surface area contributed by atoms with Gasteiger partial charge in [-0.15, -0.1) is 0 Å². The third-order valence-corrected chi connectivity index (χ3v) is 2.47. The van der Waals surface area contributed by atoms with Crippen LogP contribution in [0.15, 0.2) is 0 Å². The van der Waals surface area contributed by atoms with Crippen molar-refractivity contribution in [3.05, 3.63) is 0 Å². The van der Waals surface area contributed by atoms with Gasteiger partial charge in [-0.05, 0) is 26.4 Å². The number of ether oxygens (including phenoxy) is 1. The first kappa shape index (κ1) is 15.7. The van der Waals surface area contributed by atoms with Crippen LogP contribution in [-0.4, -0.2) is 51.0 Å². The maximum absolute atomic E-state index is 12.0. The first-order valence-electron chi connectivity index (χ1n) is 5.36. The normalized spacial score (nSPS) is 14.4. The standard InChI is InChI=1S/C10H21F3N2O/c1-15(7-5-10(11,12)13)9(8-16-2)4-3-6-14/h9H,3-8,14H2,1-2H3. The molecule has 0 aromatic rings. The Morgan fingerprint density at radius 1 is 1.38 bits per heavy atom. The van der Waals surface area contributed by atoms with E-state index in [9.17, 15) is 13.2 Å². The summed E-state index contributed by atoms with van der Waals surface area (Å²) in [6.07, 6.45) is -3.32. The number of nitrogens with two attached hydrogens (primary N) is 1. The Kier molecular flexibility index (Phi) is 7.70. The fraction of sp³-hybridized carbons (Fsp3) is 1.00. The number of hydrogen-bond acceptors (Lipinski definition) is 3. The smallest absolute Gasteiger partial charge is 0.383 e.